The lowest BCUT2D eigenvalue weighted by Crippen LogP contribution is -2.45. The third-order valence-electron chi connectivity index (χ3n) is 3.83. The second kappa shape index (κ2) is 4.23. The van der Waals surface area contributed by atoms with Crippen molar-refractivity contribution in [2.75, 3.05) is 0 Å². The number of carboxylic acids is 1. The Kier molecular flexibility index (Phi) is 3.09. The van der Waals surface area contributed by atoms with Gasteiger partial charge in [-0.15, -0.1) is 0 Å². The Morgan fingerprint density at radius 3 is 2.68 bits per heavy atom. The average Bonchev–Trinajstić information content (AvgIpc) is 2.48. The SMILES string of the molecule is CC1c2cccc(C(F)(F)F)c2CC1(N)CC(=O)O. The lowest BCUT2D eigenvalue weighted by Gasteiger charge is -2.27. The fourth-order valence-corrected chi connectivity index (χ4v) is 2.76. The van der Waals surface area contributed by atoms with Crippen LogP contribution in [0.2, 0.25) is 0 Å². The zero-order valence-corrected chi connectivity index (χ0v) is 10.3. The summed E-state index contributed by atoms with van der Waals surface area (Å²) in [5, 5.41) is 8.86. The van der Waals surface area contributed by atoms with Gasteiger partial charge in [0.15, 0.2) is 0 Å². The molecule has 0 aliphatic heterocycles. The van der Waals surface area contributed by atoms with Gasteiger partial charge in [-0.05, 0) is 23.6 Å². The Balaban J connectivity index is 2.48. The Morgan fingerprint density at radius 2 is 2.16 bits per heavy atom. The monoisotopic (exact) mass is 273 g/mol. The highest BCUT2D eigenvalue weighted by Crippen LogP contribution is 2.45. The molecule has 0 saturated heterocycles. The fraction of sp³-hybridized carbons (Fsp3) is 0.462. The smallest absolute Gasteiger partial charge is 0.416 e. The summed E-state index contributed by atoms with van der Waals surface area (Å²) < 4.78 is 38.8. The molecular weight excluding hydrogens is 259 g/mol. The molecule has 0 aromatic heterocycles. The predicted molar refractivity (Wildman–Crippen MR) is 62.7 cm³/mol. The maximum absolute atomic E-state index is 12.9. The molecule has 1 aromatic carbocycles. The summed E-state index contributed by atoms with van der Waals surface area (Å²) >= 11 is 0. The first kappa shape index (κ1) is 13.9. The standard InChI is InChI=1S/C13H14F3NO2/c1-7-8-3-2-4-10(13(14,15)16)9(8)5-12(7,17)6-11(18)19/h2-4,7H,5-6,17H2,1H3,(H,18,19). The van der Waals surface area contributed by atoms with E-state index in [2.05, 4.69) is 0 Å². The highest BCUT2D eigenvalue weighted by atomic mass is 19.4. The van der Waals surface area contributed by atoms with Gasteiger partial charge in [0.25, 0.3) is 0 Å². The molecule has 0 spiro atoms. The van der Waals surface area contributed by atoms with E-state index in [1.165, 1.54) is 6.07 Å². The maximum atomic E-state index is 12.9. The summed E-state index contributed by atoms with van der Waals surface area (Å²) in [6.45, 7) is 1.68. The molecule has 2 unspecified atom stereocenters. The van der Waals surface area contributed by atoms with Crippen LogP contribution in [0.1, 0.15) is 36.0 Å². The number of hydrogen-bond donors (Lipinski definition) is 2. The molecule has 19 heavy (non-hydrogen) atoms. The zero-order valence-electron chi connectivity index (χ0n) is 10.3. The topological polar surface area (TPSA) is 63.3 Å². The lowest BCUT2D eigenvalue weighted by molar-refractivity contribution is -0.138. The number of carboxylic acid groups (broad SMARTS) is 1. The van der Waals surface area contributed by atoms with E-state index in [4.69, 9.17) is 10.8 Å². The van der Waals surface area contributed by atoms with Crippen LogP contribution in [0, 0.1) is 0 Å². The van der Waals surface area contributed by atoms with E-state index in [1.54, 1.807) is 13.0 Å². The van der Waals surface area contributed by atoms with Gasteiger partial charge in [0, 0.05) is 11.5 Å². The van der Waals surface area contributed by atoms with Crippen molar-refractivity contribution < 1.29 is 23.1 Å². The highest BCUT2D eigenvalue weighted by molar-refractivity contribution is 5.69. The number of rotatable bonds is 2. The quantitative estimate of drug-likeness (QED) is 0.870. The summed E-state index contributed by atoms with van der Waals surface area (Å²) in [5.41, 5.74) is 4.78. The third-order valence-corrected chi connectivity index (χ3v) is 3.83. The van der Waals surface area contributed by atoms with Crippen LogP contribution < -0.4 is 5.73 Å². The van der Waals surface area contributed by atoms with Crippen LogP contribution in [-0.2, 0) is 17.4 Å². The minimum Gasteiger partial charge on any atom is -0.481 e. The molecule has 1 aromatic rings. The minimum atomic E-state index is -4.44. The van der Waals surface area contributed by atoms with E-state index in [0.29, 0.717) is 5.56 Å². The van der Waals surface area contributed by atoms with Crippen molar-refractivity contribution >= 4 is 5.97 Å². The first-order valence-corrected chi connectivity index (χ1v) is 5.85. The van der Waals surface area contributed by atoms with Gasteiger partial charge in [0.05, 0.1) is 12.0 Å². The Labute approximate surface area is 108 Å². The molecule has 3 nitrogen and oxygen atoms in total. The van der Waals surface area contributed by atoms with Gasteiger partial charge in [-0.1, -0.05) is 19.1 Å². The molecule has 0 heterocycles. The Bertz CT molecular complexity index is 527. The summed E-state index contributed by atoms with van der Waals surface area (Å²) in [5.74, 6) is -1.52. The predicted octanol–water partition coefficient (Wildman–Crippen LogP) is 2.54. The number of carbonyl (C=O) groups is 1. The Morgan fingerprint density at radius 1 is 1.53 bits per heavy atom. The third kappa shape index (κ3) is 2.32. The van der Waals surface area contributed by atoms with Gasteiger partial charge in [0.1, 0.15) is 0 Å². The van der Waals surface area contributed by atoms with Gasteiger partial charge in [0.2, 0.25) is 0 Å². The van der Waals surface area contributed by atoms with Crippen molar-refractivity contribution in [3.05, 3.63) is 34.9 Å². The van der Waals surface area contributed by atoms with E-state index >= 15 is 0 Å². The van der Waals surface area contributed by atoms with Crippen LogP contribution in [0.5, 0.6) is 0 Å². The summed E-state index contributed by atoms with van der Waals surface area (Å²) in [7, 11) is 0. The molecule has 2 atom stereocenters. The number of benzene rings is 1. The highest BCUT2D eigenvalue weighted by Gasteiger charge is 2.46. The molecule has 3 N–H and O–H groups in total. The second-order valence-electron chi connectivity index (χ2n) is 5.07. The molecule has 0 fully saturated rings. The van der Waals surface area contributed by atoms with Gasteiger partial charge in [-0.2, -0.15) is 13.2 Å². The summed E-state index contributed by atoms with van der Waals surface area (Å²) in [4.78, 5) is 10.8. The molecule has 1 aliphatic carbocycles. The first-order chi connectivity index (χ1) is 8.65. The minimum absolute atomic E-state index is 0.0640. The zero-order chi connectivity index (χ0) is 14.4. The van der Waals surface area contributed by atoms with Crippen molar-refractivity contribution in [1.29, 1.82) is 0 Å². The van der Waals surface area contributed by atoms with Crippen molar-refractivity contribution in [1.82, 2.24) is 0 Å². The summed E-state index contributed by atoms with van der Waals surface area (Å²) in [6, 6.07) is 3.94. The number of hydrogen-bond acceptors (Lipinski definition) is 2. The van der Waals surface area contributed by atoms with E-state index in [0.717, 1.165) is 6.07 Å². The number of halogens is 3. The molecule has 1 aliphatic rings. The normalized spacial score (nSPS) is 26.3. The van der Waals surface area contributed by atoms with Crippen molar-refractivity contribution in [3.63, 3.8) is 0 Å². The number of nitrogens with two attached hydrogens (primary N) is 1. The van der Waals surface area contributed by atoms with Crippen LogP contribution in [0.15, 0.2) is 18.2 Å². The lowest BCUT2D eigenvalue weighted by atomic mass is 9.84. The van der Waals surface area contributed by atoms with Crippen molar-refractivity contribution in [3.8, 4) is 0 Å². The number of aliphatic carboxylic acids is 1. The first-order valence-electron chi connectivity index (χ1n) is 5.85. The fourth-order valence-electron chi connectivity index (χ4n) is 2.76. The number of alkyl halides is 3. The van der Waals surface area contributed by atoms with Crippen LogP contribution in [0.25, 0.3) is 0 Å². The average molecular weight is 273 g/mol. The van der Waals surface area contributed by atoms with E-state index < -0.39 is 29.2 Å². The van der Waals surface area contributed by atoms with Crippen molar-refractivity contribution in [2.45, 2.75) is 37.4 Å². The van der Waals surface area contributed by atoms with Gasteiger partial charge in [-0.25, -0.2) is 0 Å². The van der Waals surface area contributed by atoms with Crippen LogP contribution >= 0.6 is 0 Å². The van der Waals surface area contributed by atoms with E-state index in [9.17, 15) is 18.0 Å². The molecule has 0 amide bonds. The molecule has 6 heteroatoms. The maximum Gasteiger partial charge on any atom is 0.416 e. The molecular formula is C13H14F3NO2. The Hall–Kier alpha value is -1.56. The molecule has 0 bridgehead atoms. The van der Waals surface area contributed by atoms with Crippen LogP contribution in [0.3, 0.4) is 0 Å². The molecule has 0 radical (unpaired) electrons. The molecule has 104 valence electrons. The second-order valence-corrected chi connectivity index (χ2v) is 5.07. The van der Waals surface area contributed by atoms with E-state index in [-0.39, 0.29) is 18.4 Å². The number of fused-ring (bicyclic) bond motifs is 1. The molecule has 0 saturated carbocycles. The van der Waals surface area contributed by atoms with Gasteiger partial charge < -0.3 is 10.8 Å². The van der Waals surface area contributed by atoms with E-state index in [1.807, 2.05) is 0 Å². The largest absolute Gasteiger partial charge is 0.481 e. The van der Waals surface area contributed by atoms with Crippen molar-refractivity contribution in [2.24, 2.45) is 5.73 Å². The summed E-state index contributed by atoms with van der Waals surface area (Å²) in [6.07, 6.45) is -4.86. The van der Waals surface area contributed by atoms with Gasteiger partial charge in [-0.3, -0.25) is 4.79 Å². The van der Waals surface area contributed by atoms with Crippen LogP contribution in [-0.4, -0.2) is 16.6 Å². The van der Waals surface area contributed by atoms with Crippen LogP contribution in [0.4, 0.5) is 13.2 Å². The molecule has 2 rings (SSSR count). The van der Waals surface area contributed by atoms with Gasteiger partial charge >= 0.3 is 12.1 Å².